The fourth-order valence-electron chi connectivity index (χ4n) is 2.04. The Morgan fingerprint density at radius 2 is 1.88 bits per heavy atom. The van der Waals surface area contributed by atoms with E-state index in [2.05, 4.69) is 5.32 Å². The van der Waals surface area contributed by atoms with Crippen LogP contribution in [0.1, 0.15) is 17.2 Å². The molecule has 2 atom stereocenters. The van der Waals surface area contributed by atoms with Crippen molar-refractivity contribution in [2.75, 3.05) is 6.54 Å². The van der Waals surface area contributed by atoms with Crippen LogP contribution in [-0.4, -0.2) is 29.0 Å². The highest BCUT2D eigenvalue weighted by atomic mass is 35.5. The highest BCUT2D eigenvalue weighted by Gasteiger charge is 2.21. The second-order valence-electron chi connectivity index (χ2n) is 5.25. The van der Waals surface area contributed by atoms with Crippen molar-refractivity contribution in [2.24, 2.45) is 0 Å². The van der Waals surface area contributed by atoms with Gasteiger partial charge >= 0.3 is 6.09 Å². The molecule has 0 aliphatic carbocycles. The van der Waals surface area contributed by atoms with Gasteiger partial charge in [-0.2, -0.15) is 0 Å². The molecular formula is C17H16Cl2FNO4. The summed E-state index contributed by atoms with van der Waals surface area (Å²) in [5, 5.41) is 21.9. The molecule has 0 aliphatic heterocycles. The van der Waals surface area contributed by atoms with Crippen LogP contribution in [0.2, 0.25) is 10.0 Å². The van der Waals surface area contributed by atoms with Gasteiger partial charge in [-0.25, -0.2) is 9.18 Å². The molecule has 2 rings (SSSR count). The zero-order valence-corrected chi connectivity index (χ0v) is 14.5. The van der Waals surface area contributed by atoms with Crippen LogP contribution < -0.4 is 5.32 Å². The van der Waals surface area contributed by atoms with Gasteiger partial charge in [-0.15, -0.1) is 0 Å². The van der Waals surface area contributed by atoms with Crippen molar-refractivity contribution in [1.82, 2.24) is 5.32 Å². The number of hydrogen-bond acceptors (Lipinski definition) is 4. The normalized spacial score (nSPS) is 13.2. The second-order valence-corrected chi connectivity index (χ2v) is 6.04. The highest BCUT2D eigenvalue weighted by Crippen LogP contribution is 2.29. The summed E-state index contributed by atoms with van der Waals surface area (Å²) in [5.41, 5.74) is 0.850. The molecule has 2 unspecified atom stereocenters. The van der Waals surface area contributed by atoms with E-state index in [0.717, 1.165) is 11.6 Å². The molecule has 1 amide bonds. The summed E-state index contributed by atoms with van der Waals surface area (Å²) >= 11 is 11.3. The largest absolute Gasteiger partial charge is 0.445 e. The Labute approximate surface area is 153 Å². The maximum Gasteiger partial charge on any atom is 0.407 e. The topological polar surface area (TPSA) is 78.8 Å². The van der Waals surface area contributed by atoms with Gasteiger partial charge in [0.2, 0.25) is 0 Å². The molecule has 134 valence electrons. The van der Waals surface area contributed by atoms with Crippen molar-refractivity contribution in [3.05, 3.63) is 69.5 Å². The number of carbonyl (C=O) groups excluding carboxylic acids is 1. The van der Waals surface area contributed by atoms with Gasteiger partial charge in [0, 0.05) is 6.54 Å². The maximum absolute atomic E-state index is 13.5. The molecule has 0 aliphatic rings. The fourth-order valence-corrected chi connectivity index (χ4v) is 2.37. The van der Waals surface area contributed by atoms with E-state index in [9.17, 15) is 19.4 Å². The van der Waals surface area contributed by atoms with Crippen molar-refractivity contribution in [2.45, 2.75) is 18.8 Å². The van der Waals surface area contributed by atoms with Gasteiger partial charge in [0.1, 0.15) is 24.6 Å². The van der Waals surface area contributed by atoms with E-state index < -0.39 is 24.1 Å². The highest BCUT2D eigenvalue weighted by molar-refractivity contribution is 6.42. The van der Waals surface area contributed by atoms with Crippen molar-refractivity contribution in [3.8, 4) is 0 Å². The Hall–Kier alpha value is -1.86. The summed E-state index contributed by atoms with van der Waals surface area (Å²) in [6, 6.07) is 11.3. The Bertz CT molecular complexity index is 707. The third-order valence-electron chi connectivity index (χ3n) is 3.38. The molecule has 0 spiro atoms. The number of amides is 1. The van der Waals surface area contributed by atoms with Crippen LogP contribution >= 0.6 is 23.2 Å². The third-order valence-corrected chi connectivity index (χ3v) is 4.16. The van der Waals surface area contributed by atoms with Crippen LogP contribution in [0.15, 0.2) is 42.5 Å². The first-order valence-electron chi connectivity index (χ1n) is 7.33. The molecule has 0 heterocycles. The van der Waals surface area contributed by atoms with Crippen molar-refractivity contribution >= 4 is 29.3 Å². The molecular weight excluding hydrogens is 372 g/mol. The molecule has 5 nitrogen and oxygen atoms in total. The summed E-state index contributed by atoms with van der Waals surface area (Å²) in [4.78, 5) is 11.6. The lowest BCUT2D eigenvalue weighted by Gasteiger charge is -2.19. The smallest absolute Gasteiger partial charge is 0.407 e. The summed E-state index contributed by atoms with van der Waals surface area (Å²) in [7, 11) is 0. The summed E-state index contributed by atoms with van der Waals surface area (Å²) in [5.74, 6) is -0.814. The lowest BCUT2D eigenvalue weighted by atomic mass is 10.0. The van der Waals surface area contributed by atoms with Crippen LogP contribution in [0, 0.1) is 5.82 Å². The van der Waals surface area contributed by atoms with E-state index in [1.165, 1.54) is 6.07 Å². The van der Waals surface area contributed by atoms with E-state index in [4.69, 9.17) is 27.9 Å². The number of aliphatic hydroxyl groups is 2. The minimum atomic E-state index is -1.46. The number of alkyl carbamates (subject to hydrolysis) is 1. The predicted molar refractivity (Wildman–Crippen MR) is 92.0 cm³/mol. The molecule has 25 heavy (non-hydrogen) atoms. The summed E-state index contributed by atoms with van der Waals surface area (Å²) in [6.45, 7) is -0.222. The van der Waals surface area contributed by atoms with Gasteiger partial charge in [0.05, 0.1) is 10.0 Å². The predicted octanol–water partition coefficient (Wildman–Crippen LogP) is 3.45. The van der Waals surface area contributed by atoms with Crippen LogP contribution in [0.25, 0.3) is 0 Å². The molecule has 2 aromatic carbocycles. The van der Waals surface area contributed by atoms with E-state index in [-0.39, 0.29) is 28.8 Å². The van der Waals surface area contributed by atoms with Gasteiger partial charge in [0.15, 0.2) is 0 Å². The van der Waals surface area contributed by atoms with Gasteiger partial charge in [-0.05, 0) is 23.3 Å². The van der Waals surface area contributed by atoms with E-state index >= 15 is 0 Å². The van der Waals surface area contributed by atoms with E-state index in [0.29, 0.717) is 0 Å². The molecule has 8 heteroatoms. The Morgan fingerprint density at radius 3 is 2.52 bits per heavy atom. The lowest BCUT2D eigenvalue weighted by Crippen LogP contribution is -2.35. The average Bonchev–Trinajstić information content (AvgIpc) is 2.62. The minimum absolute atomic E-state index is 0.0406. The molecule has 3 N–H and O–H groups in total. The fraction of sp³-hybridized carbons (Fsp3) is 0.235. The van der Waals surface area contributed by atoms with Gasteiger partial charge in [0.25, 0.3) is 0 Å². The Kier molecular flexibility index (Phi) is 7.01. The monoisotopic (exact) mass is 387 g/mol. The Morgan fingerprint density at radius 1 is 1.20 bits per heavy atom. The number of benzene rings is 2. The van der Waals surface area contributed by atoms with E-state index in [1.807, 2.05) is 18.2 Å². The molecule has 2 aromatic rings. The van der Waals surface area contributed by atoms with Crippen LogP contribution in [0.3, 0.4) is 0 Å². The number of ether oxygens (including phenoxy) is 1. The standard InChI is InChI=1S/C17H16Cl2FNO4/c18-12-6-11(7-13(20)15(12)19)16(23)14(22)8-21-17(24)25-9-10-4-2-1-3-5-10/h1-7,14,16,22-23H,8-9H2,(H,21,24). The first kappa shape index (κ1) is 19.5. The molecule has 0 saturated heterocycles. The molecule has 0 saturated carbocycles. The number of nitrogens with one attached hydrogen (secondary N) is 1. The minimum Gasteiger partial charge on any atom is -0.445 e. The van der Waals surface area contributed by atoms with E-state index in [1.54, 1.807) is 12.1 Å². The average molecular weight is 388 g/mol. The van der Waals surface area contributed by atoms with Crippen LogP contribution in [0.5, 0.6) is 0 Å². The number of carbonyl (C=O) groups is 1. The number of rotatable bonds is 6. The molecule has 0 aromatic heterocycles. The zero-order valence-electron chi connectivity index (χ0n) is 13.0. The number of hydrogen-bond donors (Lipinski definition) is 3. The van der Waals surface area contributed by atoms with Gasteiger partial charge in [-0.1, -0.05) is 53.5 Å². The zero-order chi connectivity index (χ0) is 18.4. The van der Waals surface area contributed by atoms with Gasteiger partial charge in [-0.3, -0.25) is 0 Å². The molecule has 0 bridgehead atoms. The van der Waals surface area contributed by atoms with Crippen molar-refractivity contribution in [3.63, 3.8) is 0 Å². The van der Waals surface area contributed by atoms with Gasteiger partial charge < -0.3 is 20.3 Å². The third kappa shape index (κ3) is 5.57. The lowest BCUT2D eigenvalue weighted by molar-refractivity contribution is 0.0182. The summed E-state index contributed by atoms with van der Waals surface area (Å²) in [6.07, 6.45) is -3.60. The van der Waals surface area contributed by atoms with Crippen LogP contribution in [-0.2, 0) is 11.3 Å². The van der Waals surface area contributed by atoms with Crippen molar-refractivity contribution < 1.29 is 24.1 Å². The molecule has 0 radical (unpaired) electrons. The van der Waals surface area contributed by atoms with Crippen LogP contribution in [0.4, 0.5) is 9.18 Å². The van der Waals surface area contributed by atoms with Crippen molar-refractivity contribution in [1.29, 1.82) is 0 Å². The quantitative estimate of drug-likeness (QED) is 0.663. The second kappa shape index (κ2) is 9.01. The SMILES string of the molecule is O=C(NCC(O)C(O)c1cc(F)c(Cl)c(Cl)c1)OCc1ccccc1. The summed E-state index contributed by atoms with van der Waals surface area (Å²) < 4.78 is 18.5. The Balaban J connectivity index is 1.84. The number of aliphatic hydroxyl groups excluding tert-OH is 2. The molecule has 0 fully saturated rings. The first-order chi connectivity index (χ1) is 11.9. The first-order valence-corrected chi connectivity index (χ1v) is 8.09. The maximum atomic E-state index is 13.5. The number of halogens is 3.